The summed E-state index contributed by atoms with van der Waals surface area (Å²) in [6.45, 7) is 15.8. The zero-order chi connectivity index (χ0) is 48.6. The first-order chi connectivity index (χ1) is 30.8. The molecular weight excluding hydrogens is 865 g/mol. The van der Waals surface area contributed by atoms with E-state index in [1.54, 1.807) is 0 Å². The summed E-state index contributed by atoms with van der Waals surface area (Å²) in [5.41, 5.74) is -1.000. The maximum atomic E-state index is 12.6. The molecule has 25 atom stereocenters. The molecule has 18 nitrogen and oxygen atoms in total. The Morgan fingerprint density at radius 3 is 1.74 bits per heavy atom. The average molecular weight is 947 g/mol. The molecule has 4 saturated carbocycles. The minimum Gasteiger partial charge on any atom is -0.394 e. The monoisotopic (exact) mass is 947 g/mol. The fourth-order valence-corrected chi connectivity index (χ4v) is 14.8. The third-order valence-electron chi connectivity index (χ3n) is 18.8. The summed E-state index contributed by atoms with van der Waals surface area (Å²) in [5, 5.41) is 128. The van der Waals surface area contributed by atoms with Gasteiger partial charge in [0.1, 0.15) is 73.2 Å². The van der Waals surface area contributed by atoms with Crippen molar-refractivity contribution in [2.24, 2.45) is 45.3 Å². The highest BCUT2D eigenvalue weighted by atomic mass is 16.7. The second-order valence-corrected chi connectivity index (χ2v) is 22.9. The van der Waals surface area contributed by atoms with Crippen molar-refractivity contribution in [2.45, 2.75) is 223 Å². The number of allylic oxidation sites excluding steroid dienone is 2. The lowest BCUT2D eigenvalue weighted by Crippen LogP contribution is -2.67. The summed E-state index contributed by atoms with van der Waals surface area (Å²) in [6.07, 6.45) is -14.8. The van der Waals surface area contributed by atoms with Gasteiger partial charge in [-0.2, -0.15) is 0 Å². The molecular formula is C48H82O18. The second-order valence-electron chi connectivity index (χ2n) is 22.9. The van der Waals surface area contributed by atoms with Crippen LogP contribution in [0.5, 0.6) is 0 Å². The van der Waals surface area contributed by atoms with Crippen molar-refractivity contribution in [1.29, 1.82) is 0 Å². The number of ether oxygens (including phenoxy) is 6. The molecule has 66 heavy (non-hydrogen) atoms. The van der Waals surface area contributed by atoms with Gasteiger partial charge in [0, 0.05) is 0 Å². The van der Waals surface area contributed by atoms with Gasteiger partial charge in [0.05, 0.1) is 37.6 Å². The Bertz CT molecular complexity index is 1680. The van der Waals surface area contributed by atoms with E-state index in [1.807, 2.05) is 20.8 Å². The summed E-state index contributed by atoms with van der Waals surface area (Å²) in [5.74, 6) is -0.0736. The van der Waals surface area contributed by atoms with Crippen LogP contribution in [0.25, 0.3) is 0 Å². The van der Waals surface area contributed by atoms with Crippen LogP contribution in [0.4, 0.5) is 0 Å². The van der Waals surface area contributed by atoms with Crippen molar-refractivity contribution in [3.05, 3.63) is 11.6 Å². The van der Waals surface area contributed by atoms with Gasteiger partial charge in [-0.15, -0.1) is 0 Å². The summed E-state index contributed by atoms with van der Waals surface area (Å²) in [4.78, 5) is 0. The molecule has 0 amide bonds. The third-order valence-corrected chi connectivity index (χ3v) is 18.8. The third kappa shape index (κ3) is 8.90. The van der Waals surface area contributed by atoms with Gasteiger partial charge in [-0.1, -0.05) is 46.3 Å². The molecule has 3 heterocycles. The Morgan fingerprint density at radius 1 is 0.621 bits per heavy atom. The van der Waals surface area contributed by atoms with E-state index < -0.39 is 135 Å². The Labute approximate surface area is 388 Å². The predicted molar refractivity (Wildman–Crippen MR) is 234 cm³/mol. The minimum atomic E-state index is -1.69. The number of aliphatic hydroxyl groups is 12. The molecule has 7 aliphatic rings. The number of hydrogen-bond donors (Lipinski definition) is 12. The predicted octanol–water partition coefficient (Wildman–Crippen LogP) is -0.0268. The maximum absolute atomic E-state index is 12.6. The highest BCUT2D eigenvalue weighted by Crippen LogP contribution is 2.76. The second kappa shape index (κ2) is 19.6. The van der Waals surface area contributed by atoms with Gasteiger partial charge < -0.3 is 89.7 Å². The molecule has 0 aromatic carbocycles. The average Bonchev–Trinajstić information content (AvgIpc) is 3.65. The Kier molecular flexibility index (Phi) is 15.7. The van der Waals surface area contributed by atoms with Crippen molar-refractivity contribution < 1.29 is 89.7 Å². The highest BCUT2D eigenvalue weighted by Gasteiger charge is 2.72. The molecule has 18 heteroatoms. The number of fused-ring (bicyclic) bond motifs is 5. The molecule has 0 aromatic rings. The normalized spacial score (nSPS) is 52.4. The fraction of sp³-hybridized carbons (Fsp3) is 0.958. The molecule has 4 aliphatic carbocycles. The summed E-state index contributed by atoms with van der Waals surface area (Å²) in [6, 6.07) is 0. The van der Waals surface area contributed by atoms with Gasteiger partial charge in [-0.3, -0.25) is 0 Å². The Balaban J connectivity index is 1.08. The first-order valence-corrected chi connectivity index (χ1v) is 24.4. The van der Waals surface area contributed by atoms with Crippen molar-refractivity contribution in [2.75, 3.05) is 19.8 Å². The van der Waals surface area contributed by atoms with E-state index in [1.165, 1.54) is 0 Å². The van der Waals surface area contributed by atoms with Crippen LogP contribution in [0.3, 0.4) is 0 Å². The first kappa shape index (κ1) is 52.8. The smallest absolute Gasteiger partial charge is 0.187 e. The van der Waals surface area contributed by atoms with E-state index in [9.17, 15) is 61.3 Å². The standard InChI is InChI=1S/C48H82O18/c1-22(2)10-9-14-48(8,66-43-40(60)36(56)33(53)26(20-50)63-43)23-11-16-47(7)31(23)24(51)18-29-45(5)15-13-30(44(3,4)28(45)12-17-46(29,47)6)65-42-39(59)37(57)34(54)27(64-42)21-61-41-38(58)35(55)32(52)25(19-49)62-41/h10,23-43,49-60H,9,11-21H2,1-8H3/t23-,24+,25+,26+,27+,28+,29+,30-,31-,32+,33+,34+,35-,36-,37-,38+,39+,40+,41-,42+,43+,45-,46+,47+,48-/m0/s1. The molecule has 0 radical (unpaired) electrons. The topological polar surface area (TPSA) is 298 Å². The van der Waals surface area contributed by atoms with Gasteiger partial charge in [-0.05, 0) is 124 Å². The van der Waals surface area contributed by atoms with Gasteiger partial charge in [0.25, 0.3) is 0 Å². The van der Waals surface area contributed by atoms with Gasteiger partial charge >= 0.3 is 0 Å². The summed E-state index contributed by atoms with van der Waals surface area (Å²) >= 11 is 0. The van der Waals surface area contributed by atoms with E-state index in [-0.39, 0.29) is 39.9 Å². The van der Waals surface area contributed by atoms with Crippen LogP contribution in [0.15, 0.2) is 11.6 Å². The fourth-order valence-electron chi connectivity index (χ4n) is 14.8. The Morgan fingerprint density at radius 2 is 1.15 bits per heavy atom. The summed E-state index contributed by atoms with van der Waals surface area (Å²) in [7, 11) is 0. The van der Waals surface area contributed by atoms with Crippen LogP contribution in [-0.2, 0) is 28.4 Å². The molecule has 3 saturated heterocycles. The molecule has 382 valence electrons. The SMILES string of the molecule is CC(C)=CCC[C@](C)(O[C@H]1O[C@H](CO)[C@@H](O)[C@H](O)[C@H]1O)[C@H]1CC[C@]2(C)[C@@H]1[C@H](O)C[C@@H]1[C@@]3(C)CC[C@H](O[C@H]4O[C@H](CO[C@H]5O[C@H](CO)[C@@H](O)[C@H](O)[C@H]5O)[C@@H](O)[C@H](O)[C@H]4O)C(C)(C)[C@H]3CC[C@]12C. The van der Waals surface area contributed by atoms with Crippen LogP contribution in [0, 0.1) is 45.3 Å². The van der Waals surface area contributed by atoms with Gasteiger partial charge in [0.15, 0.2) is 18.9 Å². The molecule has 12 N–H and O–H groups in total. The lowest BCUT2D eigenvalue weighted by atomic mass is 9.35. The molecule has 0 bridgehead atoms. The van der Waals surface area contributed by atoms with E-state index in [4.69, 9.17) is 28.4 Å². The molecule has 0 aromatic heterocycles. The molecule has 0 spiro atoms. The highest BCUT2D eigenvalue weighted by molar-refractivity contribution is 5.20. The number of rotatable bonds is 13. The van der Waals surface area contributed by atoms with Crippen LogP contribution in [-0.4, -0.2) is 191 Å². The lowest BCUT2D eigenvalue weighted by molar-refractivity contribution is -0.347. The van der Waals surface area contributed by atoms with E-state index in [0.717, 1.165) is 37.7 Å². The van der Waals surface area contributed by atoms with Crippen LogP contribution < -0.4 is 0 Å². The quantitative estimate of drug-likeness (QED) is 0.0853. The zero-order valence-corrected chi connectivity index (χ0v) is 40.0. The molecule has 0 unspecified atom stereocenters. The van der Waals surface area contributed by atoms with E-state index in [2.05, 4.69) is 40.7 Å². The van der Waals surface area contributed by atoms with Crippen molar-refractivity contribution in [3.63, 3.8) is 0 Å². The van der Waals surface area contributed by atoms with Crippen molar-refractivity contribution in [1.82, 2.24) is 0 Å². The Hall–Kier alpha value is -0.980. The lowest BCUT2D eigenvalue weighted by Gasteiger charge is -2.71. The van der Waals surface area contributed by atoms with Crippen molar-refractivity contribution in [3.8, 4) is 0 Å². The van der Waals surface area contributed by atoms with Crippen LogP contribution in [0.1, 0.15) is 113 Å². The van der Waals surface area contributed by atoms with E-state index in [0.29, 0.717) is 25.7 Å². The molecule has 7 fully saturated rings. The van der Waals surface area contributed by atoms with Crippen LogP contribution in [0.2, 0.25) is 0 Å². The van der Waals surface area contributed by atoms with Crippen LogP contribution >= 0.6 is 0 Å². The van der Waals surface area contributed by atoms with Gasteiger partial charge in [0.2, 0.25) is 0 Å². The van der Waals surface area contributed by atoms with Crippen molar-refractivity contribution >= 4 is 0 Å². The largest absolute Gasteiger partial charge is 0.394 e. The molecule has 3 aliphatic heterocycles. The first-order valence-electron chi connectivity index (χ1n) is 24.4. The van der Waals surface area contributed by atoms with Gasteiger partial charge in [-0.25, -0.2) is 0 Å². The maximum Gasteiger partial charge on any atom is 0.187 e. The van der Waals surface area contributed by atoms with E-state index >= 15 is 0 Å². The number of hydrogen-bond acceptors (Lipinski definition) is 18. The summed E-state index contributed by atoms with van der Waals surface area (Å²) < 4.78 is 36.5. The molecule has 7 rings (SSSR count). The number of aliphatic hydroxyl groups excluding tert-OH is 12. The zero-order valence-electron chi connectivity index (χ0n) is 40.0. The minimum absolute atomic E-state index is 0.122.